The summed E-state index contributed by atoms with van der Waals surface area (Å²) in [6.45, 7) is 4.86. The SMILES string of the molecule is [2H]C([2H])([2H])Oc1cc2c(cc1OC)C1([2H])CC(OC(=O)[C@@H](N)C(C)C)C(CC(C)C)CN1C([2H])([2H])C2([2H])[2H]. The average molecular weight is 427 g/mol. The molecule has 0 saturated carbocycles. The maximum absolute atomic E-state index is 12.9. The molecule has 1 fully saturated rings. The Bertz CT molecular complexity index is 1050. The van der Waals surface area contributed by atoms with Crippen molar-refractivity contribution in [2.24, 2.45) is 23.5 Å². The molecule has 168 valence electrons. The van der Waals surface area contributed by atoms with Crippen molar-refractivity contribution in [1.82, 2.24) is 4.90 Å². The van der Waals surface area contributed by atoms with Gasteiger partial charge < -0.3 is 19.9 Å². The number of hydrogen-bond donors (Lipinski definition) is 1. The van der Waals surface area contributed by atoms with Crippen molar-refractivity contribution < 1.29 is 30.0 Å². The minimum Gasteiger partial charge on any atom is -0.493 e. The van der Waals surface area contributed by atoms with Crippen molar-refractivity contribution in [2.45, 2.75) is 65.1 Å². The topological polar surface area (TPSA) is 74.0 Å². The third kappa shape index (κ3) is 4.75. The normalized spacial score (nSPS) is 35.1. The zero-order valence-corrected chi connectivity index (χ0v) is 18.3. The predicted octanol–water partition coefficient (Wildman–Crippen LogP) is 3.56. The lowest BCUT2D eigenvalue weighted by Gasteiger charge is -2.47. The number of carbonyl (C=O) groups excluding carboxylic acids is 1. The molecule has 0 aromatic heterocycles. The van der Waals surface area contributed by atoms with Crippen LogP contribution in [0.5, 0.6) is 11.5 Å². The smallest absolute Gasteiger partial charge is 0.323 e. The van der Waals surface area contributed by atoms with Gasteiger partial charge in [0.15, 0.2) is 11.5 Å². The van der Waals surface area contributed by atoms with Crippen LogP contribution >= 0.6 is 0 Å². The number of nitrogens with zero attached hydrogens (tertiary/aromatic N) is 1. The highest BCUT2D eigenvalue weighted by molar-refractivity contribution is 5.76. The minimum atomic E-state index is -2.87. The lowest BCUT2D eigenvalue weighted by atomic mass is 9.79. The molecule has 0 bridgehead atoms. The predicted molar refractivity (Wildman–Crippen MR) is 118 cm³/mol. The molecule has 4 atom stereocenters. The fraction of sp³-hybridized carbons (Fsp3) is 0.708. The van der Waals surface area contributed by atoms with Gasteiger partial charge in [-0.2, -0.15) is 0 Å². The summed E-state index contributed by atoms with van der Waals surface area (Å²) in [6.07, 6.45) is -3.01. The first-order chi connectivity index (χ1) is 17.3. The maximum Gasteiger partial charge on any atom is 0.323 e. The summed E-state index contributed by atoms with van der Waals surface area (Å²) >= 11 is 0. The molecule has 1 saturated heterocycles. The van der Waals surface area contributed by atoms with Crippen molar-refractivity contribution in [3.63, 3.8) is 0 Å². The molecule has 3 unspecified atom stereocenters. The van der Waals surface area contributed by atoms with E-state index in [1.54, 1.807) is 13.8 Å². The van der Waals surface area contributed by atoms with E-state index >= 15 is 0 Å². The van der Waals surface area contributed by atoms with Crippen LogP contribution in [-0.2, 0) is 15.9 Å². The van der Waals surface area contributed by atoms with Crippen LogP contribution in [0.25, 0.3) is 0 Å². The number of aryl methyl sites for hydroxylation is 1. The van der Waals surface area contributed by atoms with E-state index in [9.17, 15) is 6.17 Å². The maximum atomic E-state index is 12.9. The summed E-state index contributed by atoms with van der Waals surface area (Å²) in [7, 11) is -1.58. The first-order valence-corrected chi connectivity index (χ1v) is 10.4. The second-order valence-corrected chi connectivity index (χ2v) is 8.78. The molecule has 2 N–H and O–H groups in total. The number of benzene rings is 1. The highest BCUT2D eigenvalue weighted by Gasteiger charge is 2.41. The fourth-order valence-electron chi connectivity index (χ4n) is 4.04. The Kier molecular flexibility index (Phi) is 4.56. The largest absolute Gasteiger partial charge is 0.493 e. The van der Waals surface area contributed by atoms with Crippen molar-refractivity contribution in [3.8, 4) is 11.5 Å². The van der Waals surface area contributed by atoms with Crippen LogP contribution in [0.3, 0.4) is 0 Å². The summed E-state index contributed by atoms with van der Waals surface area (Å²) in [4.78, 5) is 14.0. The van der Waals surface area contributed by atoms with E-state index in [2.05, 4.69) is 0 Å². The second-order valence-electron chi connectivity index (χ2n) is 8.78. The van der Waals surface area contributed by atoms with Crippen LogP contribution in [0.4, 0.5) is 0 Å². The fourth-order valence-corrected chi connectivity index (χ4v) is 4.04. The van der Waals surface area contributed by atoms with Gasteiger partial charge in [-0.1, -0.05) is 27.7 Å². The van der Waals surface area contributed by atoms with E-state index in [1.165, 1.54) is 18.1 Å². The molecular formula is C24H38N2O4. The molecular weight excluding hydrogens is 380 g/mol. The molecule has 6 heteroatoms. The van der Waals surface area contributed by atoms with Gasteiger partial charge in [0, 0.05) is 36.9 Å². The van der Waals surface area contributed by atoms with Gasteiger partial charge in [-0.05, 0) is 47.9 Å². The van der Waals surface area contributed by atoms with Gasteiger partial charge >= 0.3 is 5.97 Å². The van der Waals surface area contributed by atoms with E-state index in [0.29, 0.717) is 6.42 Å². The van der Waals surface area contributed by atoms with Crippen LogP contribution in [0.1, 0.15) is 68.6 Å². The third-order valence-corrected chi connectivity index (χ3v) is 5.75. The Morgan fingerprint density at radius 3 is 2.70 bits per heavy atom. The summed E-state index contributed by atoms with van der Waals surface area (Å²) in [6, 6.07) is -0.308. The molecule has 2 aliphatic heterocycles. The number of esters is 1. The number of carbonyl (C=O) groups is 1. The Morgan fingerprint density at radius 1 is 1.33 bits per heavy atom. The molecule has 3 rings (SSSR count). The van der Waals surface area contributed by atoms with Crippen molar-refractivity contribution >= 4 is 5.97 Å². The van der Waals surface area contributed by atoms with Gasteiger partial charge in [0.1, 0.15) is 12.1 Å². The van der Waals surface area contributed by atoms with Gasteiger partial charge in [0.05, 0.1) is 19.6 Å². The number of hydrogen-bond acceptors (Lipinski definition) is 6. The Labute approximate surface area is 192 Å². The summed E-state index contributed by atoms with van der Waals surface area (Å²) in [5, 5.41) is 0. The molecule has 1 aromatic carbocycles. The molecule has 0 spiro atoms. The highest BCUT2D eigenvalue weighted by Crippen LogP contribution is 2.44. The van der Waals surface area contributed by atoms with Crippen LogP contribution < -0.4 is 15.2 Å². The first-order valence-electron chi connectivity index (χ1n) is 14.4. The standard InChI is InChI=1S/C24H38N2O4/c1-14(2)9-17-13-26-8-7-16-10-21(28-5)22(29-6)11-18(16)19(26)12-20(17)30-24(27)23(25)15(3)4/h10-11,14-15,17,19-20,23H,7-9,12-13,25H2,1-6H3/t17?,19?,20?,23-/m0/s1/i5D3,7D2,8D2,19D. The van der Waals surface area contributed by atoms with Gasteiger partial charge in [-0.15, -0.1) is 0 Å². The number of ether oxygens (including phenoxy) is 3. The van der Waals surface area contributed by atoms with E-state index in [1.807, 2.05) is 13.8 Å². The van der Waals surface area contributed by atoms with E-state index in [4.69, 9.17) is 29.5 Å². The lowest BCUT2D eigenvalue weighted by molar-refractivity contribution is -0.160. The van der Waals surface area contributed by atoms with Crippen molar-refractivity contribution in [1.29, 1.82) is 0 Å². The molecule has 0 radical (unpaired) electrons. The zero-order chi connectivity index (χ0) is 29.0. The summed E-state index contributed by atoms with van der Waals surface area (Å²) in [5.74, 6) is -1.31. The zero-order valence-electron chi connectivity index (χ0n) is 26.3. The summed E-state index contributed by atoms with van der Waals surface area (Å²) < 4.78 is 83.4. The first kappa shape index (κ1) is 14.3. The number of fused-ring (bicyclic) bond motifs is 3. The molecule has 1 aromatic rings. The number of methoxy groups -OCH3 is 2. The average Bonchev–Trinajstić information content (AvgIpc) is 2.77. The monoisotopic (exact) mass is 426 g/mol. The number of nitrogens with two attached hydrogens (primary N) is 1. The number of rotatable bonds is 7. The van der Waals surface area contributed by atoms with Gasteiger partial charge in [0.2, 0.25) is 0 Å². The molecule has 6 nitrogen and oxygen atoms in total. The van der Waals surface area contributed by atoms with E-state index in [-0.39, 0.29) is 53.3 Å². The van der Waals surface area contributed by atoms with Crippen molar-refractivity contribution in [2.75, 3.05) is 27.2 Å². The Balaban J connectivity index is 2.19. The molecule has 0 aliphatic carbocycles. The number of piperidine rings is 1. The van der Waals surface area contributed by atoms with E-state index in [0.717, 1.165) is 6.07 Å². The van der Waals surface area contributed by atoms with E-state index < -0.39 is 44.0 Å². The minimum absolute atomic E-state index is 0.0376. The van der Waals surface area contributed by atoms with Crippen LogP contribution in [0, 0.1) is 17.8 Å². The molecule has 0 amide bonds. The third-order valence-electron chi connectivity index (χ3n) is 5.75. The van der Waals surface area contributed by atoms with Gasteiger partial charge in [-0.25, -0.2) is 0 Å². The second kappa shape index (κ2) is 9.56. The van der Waals surface area contributed by atoms with Crippen LogP contribution in [0.15, 0.2) is 12.1 Å². The van der Waals surface area contributed by atoms with Gasteiger partial charge in [0.25, 0.3) is 0 Å². The van der Waals surface area contributed by atoms with Crippen LogP contribution in [0.2, 0.25) is 0 Å². The van der Waals surface area contributed by atoms with Crippen LogP contribution in [-0.4, -0.2) is 50.2 Å². The molecule has 30 heavy (non-hydrogen) atoms. The van der Waals surface area contributed by atoms with Gasteiger partial charge in [-0.3, -0.25) is 9.69 Å². The quantitative estimate of drug-likeness (QED) is 0.672. The molecule has 2 aliphatic rings. The summed E-state index contributed by atoms with van der Waals surface area (Å²) in [5.41, 5.74) is 5.90. The van der Waals surface area contributed by atoms with Crippen molar-refractivity contribution in [3.05, 3.63) is 23.3 Å². The highest BCUT2D eigenvalue weighted by atomic mass is 16.5. The Morgan fingerprint density at radius 2 is 2.07 bits per heavy atom. The molecule has 2 heterocycles. The Hall–Kier alpha value is -1.79. The lowest BCUT2D eigenvalue weighted by Crippen LogP contribution is -2.51.